The molecule has 9 unspecified atom stereocenters. The monoisotopic (exact) mass is 571 g/mol. The van der Waals surface area contributed by atoms with Crippen LogP contribution in [0.2, 0.25) is 0 Å². The van der Waals surface area contributed by atoms with Crippen LogP contribution in [0.5, 0.6) is 0 Å². The molecule has 9 atom stereocenters. The third-order valence-corrected chi connectivity index (χ3v) is 12.5. The number of nitrogens with two attached hydrogens (primary N) is 2. The number of unbranched alkanes of at least 4 members (excludes halogenated alkanes) is 1. The molecule has 0 radical (unpaired) electrons. The quantitative estimate of drug-likeness (QED) is 0.118. The fourth-order valence-electron chi connectivity index (χ4n) is 10.1. The van der Waals surface area contributed by atoms with Crippen LogP contribution < -0.4 is 17.0 Å². The van der Waals surface area contributed by atoms with E-state index in [-0.39, 0.29) is 0 Å². The topological polar surface area (TPSA) is 67.3 Å². The minimum absolute atomic E-state index is 0.357. The molecular weight excluding hydrogens is 500 g/mol. The molecular formula is C37H70N4. The van der Waals surface area contributed by atoms with Crippen LogP contribution in [0.25, 0.3) is 0 Å². The first kappa shape index (κ1) is 34.6. The van der Waals surface area contributed by atoms with Gasteiger partial charge in [0, 0.05) is 30.9 Å². The zero-order valence-electron chi connectivity index (χ0n) is 28.6. The number of nitrogens with one attached hydrogen (secondary N) is 1. The van der Waals surface area contributed by atoms with Gasteiger partial charge in [-0.15, -0.1) is 0 Å². The molecule has 4 heteroatoms. The second-order valence-electron chi connectivity index (χ2n) is 15.5. The predicted molar refractivity (Wildman–Crippen MR) is 179 cm³/mol. The van der Waals surface area contributed by atoms with Crippen molar-refractivity contribution >= 4 is 0 Å². The average Bonchev–Trinajstić information content (AvgIpc) is 3.54. The molecule has 238 valence electrons. The number of hydrogen-bond donors (Lipinski definition) is 3. The van der Waals surface area contributed by atoms with Gasteiger partial charge in [-0.25, -0.2) is 0 Å². The first-order chi connectivity index (χ1) is 19.5. The van der Waals surface area contributed by atoms with E-state index in [1.54, 1.807) is 6.42 Å². The van der Waals surface area contributed by atoms with E-state index in [9.17, 15) is 0 Å². The normalized spacial score (nSPS) is 39.4. The highest BCUT2D eigenvalue weighted by molar-refractivity contribution is 5.25. The van der Waals surface area contributed by atoms with Crippen LogP contribution >= 0.6 is 0 Å². The molecule has 0 aromatic carbocycles. The Kier molecular flexibility index (Phi) is 12.9. The maximum atomic E-state index is 5.63. The minimum atomic E-state index is 0.357. The Hall–Kier alpha value is -0.840. The average molecular weight is 571 g/mol. The Morgan fingerprint density at radius 2 is 1.83 bits per heavy atom. The third-order valence-electron chi connectivity index (χ3n) is 12.5. The van der Waals surface area contributed by atoms with Crippen molar-refractivity contribution in [2.75, 3.05) is 13.1 Å². The van der Waals surface area contributed by atoms with E-state index in [4.69, 9.17) is 11.6 Å². The molecule has 1 heterocycles. The SMILES string of the molecule is C=C(C)N1CC(NN)CC1CN.CC.CC(C)CCCCC1CCC2C3CC=C4CC(C)CCC4(C)C3CCC12C. The van der Waals surface area contributed by atoms with E-state index in [1.165, 1.54) is 70.6 Å². The van der Waals surface area contributed by atoms with E-state index in [0.29, 0.717) is 29.5 Å². The fourth-order valence-corrected chi connectivity index (χ4v) is 10.1. The summed E-state index contributed by atoms with van der Waals surface area (Å²) in [4.78, 5) is 2.21. The van der Waals surface area contributed by atoms with E-state index >= 15 is 0 Å². The van der Waals surface area contributed by atoms with Crippen LogP contribution in [-0.2, 0) is 0 Å². The van der Waals surface area contributed by atoms with E-state index in [2.05, 4.69) is 57.6 Å². The number of hydrogen-bond acceptors (Lipinski definition) is 4. The fraction of sp³-hybridized carbons (Fsp3) is 0.892. The highest BCUT2D eigenvalue weighted by Crippen LogP contribution is 2.67. The lowest BCUT2D eigenvalue weighted by atomic mass is 9.47. The van der Waals surface area contributed by atoms with Crippen molar-refractivity contribution in [1.29, 1.82) is 0 Å². The summed E-state index contributed by atoms with van der Waals surface area (Å²) in [5, 5.41) is 0. The molecule has 5 rings (SSSR count). The lowest BCUT2D eigenvalue weighted by Crippen LogP contribution is -2.49. The van der Waals surface area contributed by atoms with Crippen LogP contribution in [0.4, 0.5) is 0 Å². The highest BCUT2D eigenvalue weighted by atomic mass is 15.3. The zero-order chi connectivity index (χ0) is 30.4. The second kappa shape index (κ2) is 15.2. The predicted octanol–water partition coefficient (Wildman–Crippen LogP) is 8.83. The molecule has 0 aromatic heterocycles. The smallest absolute Gasteiger partial charge is 0.0425 e. The van der Waals surface area contributed by atoms with Gasteiger partial charge >= 0.3 is 0 Å². The van der Waals surface area contributed by atoms with E-state index < -0.39 is 0 Å². The van der Waals surface area contributed by atoms with Gasteiger partial charge in [-0.05, 0) is 117 Å². The van der Waals surface area contributed by atoms with Crippen molar-refractivity contribution in [1.82, 2.24) is 10.3 Å². The lowest BCUT2D eigenvalue weighted by molar-refractivity contribution is -0.0450. The molecule has 5 N–H and O–H groups in total. The molecule has 1 saturated heterocycles. The molecule has 0 spiro atoms. The van der Waals surface area contributed by atoms with Gasteiger partial charge < -0.3 is 10.6 Å². The Bertz CT molecular complexity index is 850. The summed E-state index contributed by atoms with van der Waals surface area (Å²) in [6, 6.07) is 0.763. The second-order valence-corrected chi connectivity index (χ2v) is 15.5. The molecule has 5 aliphatic rings. The number of allylic oxidation sites excluding steroid dienone is 3. The summed E-state index contributed by atoms with van der Waals surface area (Å²) in [5.74, 6) is 11.2. The highest BCUT2D eigenvalue weighted by Gasteiger charge is 2.58. The van der Waals surface area contributed by atoms with Crippen LogP contribution in [0.15, 0.2) is 23.9 Å². The van der Waals surface area contributed by atoms with Gasteiger partial charge in [0.05, 0.1) is 0 Å². The standard InChI is InChI=1S/C27H46.C8H18N4.C2H6/c1-19(2)8-6-7-9-21-11-13-24-23-12-10-22-18-20(3)14-16-27(22,5)25(23)15-17-26(21,24)4;1-6(2)12-5-7(11-10)3-8(12)4-9;1-2/h10,19-21,23-25H,6-9,11-18H2,1-5H3;7-8,11H,1,3-5,9-10H2,2H3;1-2H3. The van der Waals surface area contributed by atoms with Crippen LogP contribution in [0.3, 0.4) is 0 Å². The molecule has 1 aliphatic heterocycles. The van der Waals surface area contributed by atoms with Gasteiger partial charge in [0.1, 0.15) is 0 Å². The maximum Gasteiger partial charge on any atom is 0.0425 e. The van der Waals surface area contributed by atoms with Gasteiger partial charge in [-0.2, -0.15) is 0 Å². The lowest BCUT2D eigenvalue weighted by Gasteiger charge is -2.58. The number of likely N-dealkylation sites (tertiary alicyclic amines) is 1. The summed E-state index contributed by atoms with van der Waals surface area (Å²) in [6.07, 6.45) is 21.6. The molecule has 0 bridgehead atoms. The van der Waals surface area contributed by atoms with Gasteiger partial charge in [0.25, 0.3) is 0 Å². The summed E-state index contributed by atoms with van der Waals surface area (Å²) >= 11 is 0. The molecule has 4 aliphatic carbocycles. The Labute approximate surface area is 255 Å². The van der Waals surface area contributed by atoms with Gasteiger partial charge in [-0.1, -0.05) is 86.0 Å². The summed E-state index contributed by atoms with van der Waals surface area (Å²) < 4.78 is 0. The number of rotatable bonds is 8. The number of nitrogens with zero attached hydrogens (tertiary/aromatic N) is 1. The summed E-state index contributed by atoms with van der Waals surface area (Å²) in [5.41, 5.74) is 12.6. The van der Waals surface area contributed by atoms with Crippen molar-refractivity contribution in [2.45, 2.75) is 151 Å². The molecule has 3 saturated carbocycles. The van der Waals surface area contributed by atoms with Crippen LogP contribution in [0, 0.1) is 46.3 Å². The summed E-state index contributed by atoms with van der Waals surface area (Å²) in [6.45, 7) is 24.1. The molecule has 0 amide bonds. The van der Waals surface area contributed by atoms with E-state index in [1.807, 2.05) is 26.3 Å². The zero-order valence-corrected chi connectivity index (χ0v) is 28.6. The Morgan fingerprint density at radius 3 is 2.44 bits per heavy atom. The summed E-state index contributed by atoms with van der Waals surface area (Å²) in [7, 11) is 0. The number of fused-ring (bicyclic) bond motifs is 5. The van der Waals surface area contributed by atoms with Crippen molar-refractivity contribution in [3.63, 3.8) is 0 Å². The molecule has 41 heavy (non-hydrogen) atoms. The van der Waals surface area contributed by atoms with Gasteiger partial charge in [0.15, 0.2) is 0 Å². The largest absolute Gasteiger partial charge is 0.370 e. The third kappa shape index (κ3) is 7.63. The first-order valence-corrected chi connectivity index (χ1v) is 17.8. The maximum absolute atomic E-state index is 5.63. The molecule has 0 aromatic rings. The van der Waals surface area contributed by atoms with Crippen molar-refractivity contribution in [3.05, 3.63) is 23.9 Å². The Balaban J connectivity index is 0.000000278. The number of hydrazine groups is 1. The van der Waals surface area contributed by atoms with Crippen molar-refractivity contribution in [3.8, 4) is 0 Å². The molecule has 4 nitrogen and oxygen atoms in total. The minimum Gasteiger partial charge on any atom is -0.370 e. The van der Waals surface area contributed by atoms with Gasteiger partial charge in [-0.3, -0.25) is 11.3 Å². The van der Waals surface area contributed by atoms with Crippen LogP contribution in [-0.4, -0.2) is 30.1 Å². The van der Waals surface area contributed by atoms with Crippen molar-refractivity contribution < 1.29 is 0 Å². The first-order valence-electron chi connectivity index (χ1n) is 17.8. The van der Waals surface area contributed by atoms with E-state index in [0.717, 1.165) is 54.2 Å². The van der Waals surface area contributed by atoms with Gasteiger partial charge in [0.2, 0.25) is 0 Å². The Morgan fingerprint density at radius 1 is 1.10 bits per heavy atom. The van der Waals surface area contributed by atoms with Crippen LogP contribution in [0.1, 0.15) is 139 Å². The van der Waals surface area contributed by atoms with Crippen molar-refractivity contribution in [2.24, 2.45) is 57.9 Å². The molecule has 4 fully saturated rings.